The Morgan fingerprint density at radius 3 is 2.52 bits per heavy atom. The zero-order chi connectivity index (χ0) is 14.5. The molecule has 1 N–H and O–H groups in total. The molecule has 0 bridgehead atoms. The molecule has 4 heteroatoms. The van der Waals surface area contributed by atoms with Gasteiger partial charge >= 0.3 is 0 Å². The van der Waals surface area contributed by atoms with Crippen molar-refractivity contribution in [3.63, 3.8) is 0 Å². The zero-order valence-corrected chi connectivity index (χ0v) is 13.6. The maximum Gasteiger partial charge on any atom is 0.0594 e. The number of nitrogens with one attached hydrogen (secondary N) is 1. The van der Waals surface area contributed by atoms with Crippen molar-refractivity contribution in [1.29, 1.82) is 0 Å². The van der Waals surface area contributed by atoms with Gasteiger partial charge in [-0.05, 0) is 32.2 Å². The van der Waals surface area contributed by atoms with Crippen molar-refractivity contribution in [2.24, 2.45) is 5.92 Å². The average molecular weight is 296 g/mol. The van der Waals surface area contributed by atoms with Gasteiger partial charge in [0.25, 0.3) is 0 Å². The second-order valence-corrected chi connectivity index (χ2v) is 6.97. The molecule has 0 amide bonds. The number of hydrogen-bond acceptors (Lipinski definition) is 4. The Morgan fingerprint density at radius 2 is 1.90 bits per heavy atom. The average Bonchev–Trinajstić information content (AvgIpc) is 3.21. The van der Waals surface area contributed by atoms with Crippen molar-refractivity contribution >= 4 is 0 Å². The van der Waals surface area contributed by atoms with Gasteiger partial charge in [-0.1, -0.05) is 19.8 Å². The molecule has 0 aromatic carbocycles. The van der Waals surface area contributed by atoms with Crippen molar-refractivity contribution in [2.75, 3.05) is 46.1 Å². The monoisotopic (exact) mass is 296 g/mol. The molecule has 2 aliphatic heterocycles. The Hall–Kier alpha value is -0.160. The molecule has 1 saturated carbocycles. The maximum atomic E-state index is 5.73. The summed E-state index contributed by atoms with van der Waals surface area (Å²) in [5, 5.41) is 3.93. The van der Waals surface area contributed by atoms with Gasteiger partial charge in [0.1, 0.15) is 0 Å². The molecule has 4 nitrogen and oxygen atoms in total. The molecule has 0 radical (unpaired) electrons. The summed E-state index contributed by atoms with van der Waals surface area (Å²) in [6.07, 6.45) is 7.91. The van der Waals surface area contributed by atoms with Crippen molar-refractivity contribution in [2.45, 2.75) is 57.0 Å². The minimum absolute atomic E-state index is 0.358. The van der Waals surface area contributed by atoms with E-state index in [4.69, 9.17) is 9.47 Å². The molecule has 1 aliphatic carbocycles. The molecule has 0 aromatic heterocycles. The van der Waals surface area contributed by atoms with Gasteiger partial charge < -0.3 is 14.8 Å². The van der Waals surface area contributed by atoms with Gasteiger partial charge in [0.05, 0.1) is 19.8 Å². The predicted octanol–water partition coefficient (Wildman–Crippen LogP) is 2.04. The van der Waals surface area contributed by atoms with Crippen LogP contribution in [-0.4, -0.2) is 62.5 Å². The van der Waals surface area contributed by atoms with Crippen LogP contribution in [0.15, 0.2) is 0 Å². The highest BCUT2D eigenvalue weighted by atomic mass is 16.5. The van der Waals surface area contributed by atoms with Crippen LogP contribution in [0.4, 0.5) is 0 Å². The second kappa shape index (κ2) is 7.40. The standard InChI is InChI=1S/C17H32N2O2/c1-2-8-18-16(15-5-11-21-14-15)17(6-3-4-7-17)19-9-12-20-13-10-19/h15-16,18H,2-14H2,1H3. The highest BCUT2D eigenvalue weighted by molar-refractivity contribution is 5.07. The Kier molecular flexibility index (Phi) is 5.54. The first-order valence-electron chi connectivity index (χ1n) is 9.01. The first-order chi connectivity index (χ1) is 10.4. The fraction of sp³-hybridized carbons (Fsp3) is 1.00. The minimum Gasteiger partial charge on any atom is -0.381 e. The van der Waals surface area contributed by atoms with E-state index in [-0.39, 0.29) is 0 Å². The molecule has 2 atom stereocenters. The summed E-state index contributed by atoms with van der Waals surface area (Å²) in [5.74, 6) is 0.692. The lowest BCUT2D eigenvalue weighted by atomic mass is 9.78. The highest BCUT2D eigenvalue weighted by Gasteiger charge is 2.49. The van der Waals surface area contributed by atoms with Crippen LogP contribution in [0, 0.1) is 5.92 Å². The summed E-state index contributed by atoms with van der Waals surface area (Å²) < 4.78 is 11.3. The second-order valence-electron chi connectivity index (χ2n) is 6.97. The van der Waals surface area contributed by atoms with E-state index in [1.807, 2.05) is 0 Å². The Labute approximate surface area is 129 Å². The summed E-state index contributed by atoms with van der Waals surface area (Å²) in [6.45, 7) is 9.34. The molecule has 2 heterocycles. The number of nitrogens with zero attached hydrogens (tertiary/aromatic N) is 1. The van der Waals surface area contributed by atoms with Crippen LogP contribution >= 0.6 is 0 Å². The van der Waals surface area contributed by atoms with E-state index < -0.39 is 0 Å². The van der Waals surface area contributed by atoms with Crippen LogP contribution in [0.1, 0.15) is 45.4 Å². The molecule has 0 spiro atoms. The van der Waals surface area contributed by atoms with E-state index >= 15 is 0 Å². The molecule has 122 valence electrons. The van der Waals surface area contributed by atoms with Crippen LogP contribution in [0.25, 0.3) is 0 Å². The molecule has 2 unspecified atom stereocenters. The molecule has 3 aliphatic rings. The summed E-state index contributed by atoms with van der Waals surface area (Å²) in [4.78, 5) is 2.76. The van der Waals surface area contributed by atoms with Gasteiger partial charge in [0.15, 0.2) is 0 Å². The van der Waals surface area contributed by atoms with Gasteiger partial charge in [-0.3, -0.25) is 4.90 Å². The summed E-state index contributed by atoms with van der Waals surface area (Å²) >= 11 is 0. The number of rotatable bonds is 6. The Morgan fingerprint density at radius 1 is 1.14 bits per heavy atom. The van der Waals surface area contributed by atoms with Gasteiger partial charge in [0, 0.05) is 37.2 Å². The van der Waals surface area contributed by atoms with Crippen molar-refractivity contribution in [1.82, 2.24) is 10.2 Å². The largest absolute Gasteiger partial charge is 0.381 e. The molecule has 3 rings (SSSR count). The van der Waals surface area contributed by atoms with Crippen LogP contribution in [0.2, 0.25) is 0 Å². The predicted molar refractivity (Wildman–Crippen MR) is 84.6 cm³/mol. The van der Waals surface area contributed by atoms with Crippen molar-refractivity contribution in [3.8, 4) is 0 Å². The number of ether oxygens (including phenoxy) is 2. The first kappa shape index (κ1) is 15.7. The minimum atomic E-state index is 0.358. The maximum absolute atomic E-state index is 5.73. The van der Waals surface area contributed by atoms with E-state index in [1.54, 1.807) is 0 Å². The number of morpholine rings is 1. The lowest BCUT2D eigenvalue weighted by Crippen LogP contribution is -2.64. The van der Waals surface area contributed by atoms with Gasteiger partial charge in [0.2, 0.25) is 0 Å². The lowest BCUT2D eigenvalue weighted by Gasteiger charge is -2.50. The quantitative estimate of drug-likeness (QED) is 0.813. The van der Waals surface area contributed by atoms with Crippen LogP contribution < -0.4 is 5.32 Å². The third-order valence-electron chi connectivity index (χ3n) is 5.74. The summed E-state index contributed by atoms with van der Waals surface area (Å²) in [7, 11) is 0. The third kappa shape index (κ3) is 3.29. The van der Waals surface area contributed by atoms with Gasteiger partial charge in [-0.2, -0.15) is 0 Å². The molecule has 21 heavy (non-hydrogen) atoms. The zero-order valence-electron chi connectivity index (χ0n) is 13.6. The molecule has 0 aromatic rings. The third-order valence-corrected chi connectivity index (χ3v) is 5.74. The lowest BCUT2D eigenvalue weighted by molar-refractivity contribution is -0.0452. The molecular formula is C17H32N2O2. The fourth-order valence-electron chi connectivity index (χ4n) is 4.73. The van der Waals surface area contributed by atoms with Crippen LogP contribution in [0.5, 0.6) is 0 Å². The fourth-order valence-corrected chi connectivity index (χ4v) is 4.73. The van der Waals surface area contributed by atoms with E-state index in [0.29, 0.717) is 17.5 Å². The van der Waals surface area contributed by atoms with E-state index in [9.17, 15) is 0 Å². The van der Waals surface area contributed by atoms with Crippen LogP contribution in [0.3, 0.4) is 0 Å². The summed E-state index contributed by atoms with van der Waals surface area (Å²) in [5.41, 5.74) is 0.358. The van der Waals surface area contributed by atoms with E-state index in [1.165, 1.54) is 38.5 Å². The molecule has 2 saturated heterocycles. The normalized spacial score (nSPS) is 31.6. The van der Waals surface area contributed by atoms with Crippen molar-refractivity contribution in [3.05, 3.63) is 0 Å². The van der Waals surface area contributed by atoms with E-state index in [2.05, 4.69) is 17.1 Å². The SMILES string of the molecule is CCCNC(C1CCOC1)C1(N2CCOCC2)CCCC1. The Bertz CT molecular complexity index is 306. The van der Waals surface area contributed by atoms with E-state index in [0.717, 1.165) is 46.1 Å². The highest BCUT2D eigenvalue weighted by Crippen LogP contribution is 2.42. The molecular weight excluding hydrogens is 264 g/mol. The molecule has 3 fully saturated rings. The topological polar surface area (TPSA) is 33.7 Å². The van der Waals surface area contributed by atoms with Crippen LogP contribution in [-0.2, 0) is 9.47 Å². The van der Waals surface area contributed by atoms with Gasteiger partial charge in [-0.15, -0.1) is 0 Å². The van der Waals surface area contributed by atoms with Crippen molar-refractivity contribution < 1.29 is 9.47 Å². The summed E-state index contributed by atoms with van der Waals surface area (Å²) in [6, 6.07) is 0.598. The van der Waals surface area contributed by atoms with Gasteiger partial charge in [-0.25, -0.2) is 0 Å². The number of hydrogen-bond donors (Lipinski definition) is 1. The first-order valence-corrected chi connectivity index (χ1v) is 9.01. The Balaban J connectivity index is 1.79. The smallest absolute Gasteiger partial charge is 0.0594 e.